The molecule has 1 heterocycles. The molecule has 0 saturated carbocycles. The molecule has 0 aliphatic carbocycles. The summed E-state index contributed by atoms with van der Waals surface area (Å²) in [4.78, 5) is 25.9. The Morgan fingerprint density at radius 1 is 1.17 bits per heavy atom. The van der Waals surface area contributed by atoms with Crippen LogP contribution in [0.25, 0.3) is 0 Å². The fraction of sp³-hybridized carbons (Fsp3) is 0.556. The number of ether oxygens (including phenoxy) is 2. The van der Waals surface area contributed by atoms with Gasteiger partial charge in [-0.15, -0.1) is 0 Å². The number of benzene rings is 1. The highest BCUT2D eigenvalue weighted by atomic mass is 16.5. The molecule has 1 fully saturated rings. The third-order valence-corrected chi connectivity index (χ3v) is 3.99. The van der Waals surface area contributed by atoms with Crippen LogP contribution in [0.5, 0.6) is 5.75 Å². The van der Waals surface area contributed by atoms with E-state index in [-0.39, 0.29) is 18.4 Å². The van der Waals surface area contributed by atoms with Gasteiger partial charge in [0.2, 0.25) is 0 Å². The van der Waals surface area contributed by atoms with Crippen LogP contribution < -0.4 is 10.1 Å². The molecule has 6 nitrogen and oxygen atoms in total. The van der Waals surface area contributed by atoms with E-state index in [1.165, 1.54) is 0 Å². The summed E-state index contributed by atoms with van der Waals surface area (Å²) in [5.41, 5.74) is -0.225. The molecule has 2 rings (SSSR count). The van der Waals surface area contributed by atoms with Crippen molar-refractivity contribution in [3.8, 4) is 5.75 Å². The van der Waals surface area contributed by atoms with E-state index in [9.17, 15) is 9.59 Å². The van der Waals surface area contributed by atoms with Crippen LogP contribution >= 0.6 is 0 Å². The summed E-state index contributed by atoms with van der Waals surface area (Å²) in [6.45, 7) is 7.47. The van der Waals surface area contributed by atoms with E-state index < -0.39 is 5.60 Å². The smallest absolute Gasteiger partial charge is 0.260 e. The first kappa shape index (κ1) is 18.3. The molecule has 0 radical (unpaired) electrons. The number of nitrogens with one attached hydrogen (secondary N) is 1. The number of anilines is 1. The van der Waals surface area contributed by atoms with Gasteiger partial charge in [0.05, 0.1) is 0 Å². The maximum atomic E-state index is 12.2. The summed E-state index contributed by atoms with van der Waals surface area (Å²) < 4.78 is 10.9. The van der Waals surface area contributed by atoms with Crippen molar-refractivity contribution in [2.24, 2.45) is 0 Å². The third-order valence-electron chi connectivity index (χ3n) is 3.99. The Labute approximate surface area is 143 Å². The van der Waals surface area contributed by atoms with E-state index in [0.717, 1.165) is 25.9 Å². The van der Waals surface area contributed by atoms with Crippen molar-refractivity contribution in [3.05, 3.63) is 24.3 Å². The zero-order chi connectivity index (χ0) is 17.6. The average Bonchev–Trinajstić information content (AvgIpc) is 3.08. The van der Waals surface area contributed by atoms with Crippen LogP contribution in [0, 0.1) is 0 Å². The zero-order valence-electron chi connectivity index (χ0n) is 14.6. The fourth-order valence-electron chi connectivity index (χ4n) is 2.55. The molecule has 0 unspecified atom stereocenters. The van der Waals surface area contributed by atoms with Gasteiger partial charge in [0.15, 0.2) is 6.61 Å². The number of rotatable bonds is 7. The van der Waals surface area contributed by atoms with Crippen molar-refractivity contribution in [1.82, 2.24) is 4.90 Å². The normalized spacial score (nSPS) is 14.5. The van der Waals surface area contributed by atoms with Crippen molar-refractivity contribution >= 4 is 17.5 Å². The van der Waals surface area contributed by atoms with Gasteiger partial charge >= 0.3 is 0 Å². The summed E-state index contributed by atoms with van der Waals surface area (Å²) in [6.07, 6.45) is 2.14. The molecule has 24 heavy (non-hydrogen) atoms. The Bertz CT molecular complexity index is 563. The van der Waals surface area contributed by atoms with E-state index in [1.54, 1.807) is 38.1 Å². The lowest BCUT2D eigenvalue weighted by atomic mass is 10.1. The largest absolute Gasteiger partial charge is 0.484 e. The lowest BCUT2D eigenvalue weighted by molar-refractivity contribution is -0.136. The molecular formula is C18H26N2O4. The summed E-state index contributed by atoms with van der Waals surface area (Å²) in [6, 6.07) is 6.96. The quantitative estimate of drug-likeness (QED) is 0.832. The predicted octanol–water partition coefficient (Wildman–Crippen LogP) is 2.44. The van der Waals surface area contributed by atoms with Gasteiger partial charge in [0, 0.05) is 25.4 Å². The summed E-state index contributed by atoms with van der Waals surface area (Å²) >= 11 is 0. The highest BCUT2D eigenvalue weighted by molar-refractivity contribution is 5.96. The van der Waals surface area contributed by atoms with E-state index in [0.29, 0.717) is 18.0 Å². The van der Waals surface area contributed by atoms with Gasteiger partial charge in [-0.1, -0.05) is 0 Å². The SMILES string of the molecule is CCOC(C)(C)C(=O)Nc1ccc(OCC(=O)N2CCCC2)cc1. The Morgan fingerprint density at radius 2 is 1.79 bits per heavy atom. The van der Waals surface area contributed by atoms with Crippen LogP contribution in [-0.4, -0.2) is 48.6 Å². The highest BCUT2D eigenvalue weighted by Crippen LogP contribution is 2.18. The van der Waals surface area contributed by atoms with Gasteiger partial charge in [0.25, 0.3) is 11.8 Å². The molecule has 1 N–H and O–H groups in total. The number of likely N-dealkylation sites (tertiary alicyclic amines) is 1. The summed E-state index contributed by atoms with van der Waals surface area (Å²) in [7, 11) is 0. The number of carbonyl (C=O) groups is 2. The van der Waals surface area contributed by atoms with Crippen LogP contribution in [0.1, 0.15) is 33.6 Å². The zero-order valence-corrected chi connectivity index (χ0v) is 14.6. The Kier molecular flexibility index (Phi) is 6.20. The molecule has 1 aromatic rings. The number of hydrogen-bond donors (Lipinski definition) is 1. The Hall–Kier alpha value is -2.08. The van der Waals surface area contributed by atoms with Crippen molar-refractivity contribution in [3.63, 3.8) is 0 Å². The molecule has 132 valence electrons. The van der Waals surface area contributed by atoms with Crippen molar-refractivity contribution < 1.29 is 19.1 Å². The van der Waals surface area contributed by atoms with Crippen LogP contribution in [0.15, 0.2) is 24.3 Å². The minimum Gasteiger partial charge on any atom is -0.484 e. The van der Waals surface area contributed by atoms with Crippen LogP contribution in [0.2, 0.25) is 0 Å². The molecule has 1 aliphatic rings. The van der Waals surface area contributed by atoms with Crippen molar-refractivity contribution in [1.29, 1.82) is 0 Å². The average molecular weight is 334 g/mol. The minimum absolute atomic E-state index is 0.0170. The first-order valence-electron chi connectivity index (χ1n) is 8.38. The van der Waals surface area contributed by atoms with Gasteiger partial charge in [0.1, 0.15) is 11.4 Å². The van der Waals surface area contributed by atoms with Gasteiger partial charge in [-0.25, -0.2) is 0 Å². The summed E-state index contributed by atoms with van der Waals surface area (Å²) in [5, 5.41) is 2.81. The summed E-state index contributed by atoms with van der Waals surface area (Å²) in [5.74, 6) is 0.412. The lowest BCUT2D eigenvalue weighted by Gasteiger charge is -2.23. The molecule has 0 spiro atoms. The second-order valence-electron chi connectivity index (χ2n) is 6.30. The molecule has 6 heteroatoms. The highest BCUT2D eigenvalue weighted by Gasteiger charge is 2.27. The second kappa shape index (κ2) is 8.15. The van der Waals surface area contributed by atoms with Gasteiger partial charge in [-0.3, -0.25) is 9.59 Å². The predicted molar refractivity (Wildman–Crippen MR) is 92.1 cm³/mol. The third kappa shape index (κ3) is 4.96. The second-order valence-corrected chi connectivity index (χ2v) is 6.30. The van der Waals surface area contributed by atoms with Gasteiger partial charge < -0.3 is 19.7 Å². The van der Waals surface area contributed by atoms with Gasteiger partial charge in [-0.05, 0) is 57.9 Å². The molecule has 1 aliphatic heterocycles. The van der Waals surface area contributed by atoms with Gasteiger partial charge in [-0.2, -0.15) is 0 Å². The molecule has 2 amide bonds. The maximum absolute atomic E-state index is 12.2. The Balaban J connectivity index is 1.84. The number of amides is 2. The van der Waals surface area contributed by atoms with E-state index in [1.807, 2.05) is 11.8 Å². The standard InChI is InChI=1S/C18H26N2O4/c1-4-24-18(2,3)17(22)19-14-7-9-15(10-8-14)23-13-16(21)20-11-5-6-12-20/h7-10H,4-6,11-13H2,1-3H3,(H,19,22). The van der Waals surface area contributed by atoms with Crippen molar-refractivity contribution in [2.45, 2.75) is 39.2 Å². The van der Waals surface area contributed by atoms with E-state index in [4.69, 9.17) is 9.47 Å². The molecular weight excluding hydrogens is 308 g/mol. The lowest BCUT2D eigenvalue weighted by Crippen LogP contribution is -2.39. The maximum Gasteiger partial charge on any atom is 0.260 e. The molecule has 0 atom stereocenters. The van der Waals surface area contributed by atoms with Crippen LogP contribution in [-0.2, 0) is 14.3 Å². The first-order valence-corrected chi connectivity index (χ1v) is 8.38. The van der Waals surface area contributed by atoms with Crippen LogP contribution in [0.4, 0.5) is 5.69 Å². The topological polar surface area (TPSA) is 67.9 Å². The molecule has 0 bridgehead atoms. The molecule has 1 aromatic carbocycles. The van der Waals surface area contributed by atoms with E-state index in [2.05, 4.69) is 5.32 Å². The number of nitrogens with zero attached hydrogens (tertiary/aromatic N) is 1. The Morgan fingerprint density at radius 3 is 2.38 bits per heavy atom. The molecule has 1 saturated heterocycles. The fourth-order valence-corrected chi connectivity index (χ4v) is 2.55. The van der Waals surface area contributed by atoms with Crippen LogP contribution in [0.3, 0.4) is 0 Å². The first-order chi connectivity index (χ1) is 11.4. The number of carbonyl (C=O) groups excluding carboxylic acids is 2. The monoisotopic (exact) mass is 334 g/mol. The van der Waals surface area contributed by atoms with E-state index >= 15 is 0 Å². The number of hydrogen-bond acceptors (Lipinski definition) is 4. The molecule has 0 aromatic heterocycles. The van der Waals surface area contributed by atoms with Crippen molar-refractivity contribution in [2.75, 3.05) is 31.6 Å². The minimum atomic E-state index is -0.883.